The molecular formula is C14H13N3O. The van der Waals surface area contributed by atoms with Crippen LogP contribution >= 0.6 is 0 Å². The second kappa shape index (κ2) is 4.14. The molecule has 1 N–H and O–H groups in total. The van der Waals surface area contributed by atoms with E-state index in [4.69, 9.17) is 0 Å². The second-order valence-corrected chi connectivity index (χ2v) is 4.36. The summed E-state index contributed by atoms with van der Waals surface area (Å²) in [5, 5.41) is 7.19. The van der Waals surface area contributed by atoms with Crippen molar-refractivity contribution in [1.29, 1.82) is 0 Å². The van der Waals surface area contributed by atoms with Crippen molar-refractivity contribution in [3.05, 3.63) is 64.2 Å². The number of benzene rings is 1. The van der Waals surface area contributed by atoms with Crippen molar-refractivity contribution in [3.8, 4) is 0 Å². The van der Waals surface area contributed by atoms with Gasteiger partial charge in [0.25, 0.3) is 5.56 Å². The van der Waals surface area contributed by atoms with Gasteiger partial charge in [-0.1, -0.05) is 30.3 Å². The molecule has 4 nitrogen and oxygen atoms in total. The van der Waals surface area contributed by atoms with E-state index in [0.29, 0.717) is 12.1 Å². The first kappa shape index (κ1) is 10.8. The molecule has 0 atom stereocenters. The Labute approximate surface area is 104 Å². The summed E-state index contributed by atoms with van der Waals surface area (Å²) in [6, 6.07) is 12.1. The van der Waals surface area contributed by atoms with Crippen LogP contribution in [0.5, 0.6) is 0 Å². The van der Waals surface area contributed by atoms with Gasteiger partial charge in [-0.25, -0.2) is 5.10 Å². The summed E-state index contributed by atoms with van der Waals surface area (Å²) in [5.74, 6) is 0. The van der Waals surface area contributed by atoms with Crippen LogP contribution in [-0.2, 0) is 6.54 Å². The summed E-state index contributed by atoms with van der Waals surface area (Å²) in [6.45, 7) is 2.70. The first-order valence-corrected chi connectivity index (χ1v) is 5.83. The smallest absolute Gasteiger partial charge is 0.288 e. The van der Waals surface area contributed by atoms with E-state index in [1.807, 2.05) is 35.8 Å². The van der Waals surface area contributed by atoms with E-state index in [-0.39, 0.29) is 5.56 Å². The number of aromatic nitrogens is 3. The highest BCUT2D eigenvalue weighted by Gasteiger charge is 2.09. The number of nitrogens with zero attached hydrogens (tertiary/aromatic N) is 2. The van der Waals surface area contributed by atoms with Gasteiger partial charge in [-0.15, -0.1) is 0 Å². The standard InChI is InChI=1S/C14H13N3O/c1-10-7-12-8-15-16-14(18)13(12)17(10)9-11-5-3-2-4-6-11/h2-8H,9H2,1H3,(H,16,18). The molecule has 0 spiro atoms. The van der Waals surface area contributed by atoms with E-state index in [1.165, 1.54) is 5.56 Å². The topological polar surface area (TPSA) is 50.7 Å². The maximum absolute atomic E-state index is 11.9. The third-order valence-corrected chi connectivity index (χ3v) is 3.10. The van der Waals surface area contributed by atoms with Crippen molar-refractivity contribution in [3.63, 3.8) is 0 Å². The zero-order valence-corrected chi connectivity index (χ0v) is 10.1. The highest BCUT2D eigenvalue weighted by Crippen LogP contribution is 2.16. The fourth-order valence-electron chi connectivity index (χ4n) is 2.24. The zero-order valence-electron chi connectivity index (χ0n) is 10.1. The molecule has 4 heteroatoms. The lowest BCUT2D eigenvalue weighted by atomic mass is 10.2. The number of aryl methyl sites for hydroxylation is 1. The molecule has 2 aromatic heterocycles. The molecule has 1 aromatic carbocycles. The van der Waals surface area contributed by atoms with E-state index < -0.39 is 0 Å². The number of rotatable bonds is 2. The molecule has 3 rings (SSSR count). The number of hydrogen-bond donors (Lipinski definition) is 1. The highest BCUT2D eigenvalue weighted by atomic mass is 16.1. The largest absolute Gasteiger partial charge is 0.336 e. The lowest BCUT2D eigenvalue weighted by molar-refractivity contribution is 0.797. The van der Waals surface area contributed by atoms with Gasteiger partial charge in [0.05, 0.1) is 6.20 Å². The van der Waals surface area contributed by atoms with E-state index >= 15 is 0 Å². The number of nitrogens with one attached hydrogen (secondary N) is 1. The Morgan fingerprint density at radius 1 is 1.28 bits per heavy atom. The molecule has 0 saturated carbocycles. The first-order valence-electron chi connectivity index (χ1n) is 5.83. The average molecular weight is 239 g/mol. The summed E-state index contributed by atoms with van der Waals surface area (Å²) in [4.78, 5) is 11.9. The van der Waals surface area contributed by atoms with E-state index in [9.17, 15) is 4.79 Å². The van der Waals surface area contributed by atoms with Crippen molar-refractivity contribution in [2.45, 2.75) is 13.5 Å². The summed E-state index contributed by atoms with van der Waals surface area (Å²) in [6.07, 6.45) is 1.69. The highest BCUT2D eigenvalue weighted by molar-refractivity contribution is 5.79. The zero-order chi connectivity index (χ0) is 12.5. The number of fused-ring (bicyclic) bond motifs is 1. The Hall–Kier alpha value is -2.36. The van der Waals surface area contributed by atoms with Gasteiger partial charge in [0.2, 0.25) is 0 Å². The molecule has 0 amide bonds. The fourth-order valence-corrected chi connectivity index (χ4v) is 2.24. The number of aromatic amines is 1. The van der Waals surface area contributed by atoms with Crippen molar-refractivity contribution in [1.82, 2.24) is 14.8 Å². The van der Waals surface area contributed by atoms with Crippen LogP contribution in [0.15, 0.2) is 47.4 Å². The van der Waals surface area contributed by atoms with E-state index in [2.05, 4.69) is 22.3 Å². The summed E-state index contributed by atoms with van der Waals surface area (Å²) < 4.78 is 2.02. The van der Waals surface area contributed by atoms with Crippen molar-refractivity contribution < 1.29 is 0 Å². The predicted molar refractivity (Wildman–Crippen MR) is 70.6 cm³/mol. The molecule has 90 valence electrons. The molecule has 0 aliphatic rings. The van der Waals surface area contributed by atoms with Crippen LogP contribution in [-0.4, -0.2) is 14.8 Å². The van der Waals surface area contributed by atoms with E-state index in [1.54, 1.807) is 6.20 Å². The molecule has 0 bridgehead atoms. The van der Waals surface area contributed by atoms with Crippen LogP contribution in [0.3, 0.4) is 0 Å². The lowest BCUT2D eigenvalue weighted by Crippen LogP contribution is -2.13. The first-order chi connectivity index (χ1) is 8.75. The van der Waals surface area contributed by atoms with Gasteiger partial charge in [0, 0.05) is 17.6 Å². The molecule has 0 aliphatic heterocycles. The third kappa shape index (κ3) is 1.72. The molecule has 3 aromatic rings. The maximum atomic E-state index is 11.9. The molecule has 0 aliphatic carbocycles. The van der Waals surface area contributed by atoms with Crippen LogP contribution in [0.2, 0.25) is 0 Å². The second-order valence-electron chi connectivity index (χ2n) is 4.36. The van der Waals surface area contributed by atoms with Gasteiger partial charge in [-0.05, 0) is 18.6 Å². The Morgan fingerprint density at radius 3 is 2.83 bits per heavy atom. The van der Waals surface area contributed by atoms with Crippen molar-refractivity contribution in [2.24, 2.45) is 0 Å². The van der Waals surface area contributed by atoms with Gasteiger partial charge in [-0.2, -0.15) is 5.10 Å². The third-order valence-electron chi connectivity index (χ3n) is 3.10. The molecule has 0 saturated heterocycles. The minimum absolute atomic E-state index is 0.142. The van der Waals surface area contributed by atoms with Crippen LogP contribution < -0.4 is 5.56 Å². The molecular weight excluding hydrogens is 226 g/mol. The normalized spacial score (nSPS) is 10.9. The van der Waals surface area contributed by atoms with Crippen LogP contribution in [0.4, 0.5) is 0 Å². The number of hydrogen-bond acceptors (Lipinski definition) is 2. The number of H-pyrrole nitrogens is 1. The summed E-state index contributed by atoms with van der Waals surface area (Å²) >= 11 is 0. The maximum Gasteiger partial charge on any atom is 0.288 e. The van der Waals surface area contributed by atoms with Gasteiger partial charge in [0.15, 0.2) is 0 Å². The Kier molecular flexibility index (Phi) is 2.48. The monoisotopic (exact) mass is 239 g/mol. The Bertz CT molecular complexity index is 741. The summed E-state index contributed by atoms with van der Waals surface area (Å²) in [5.41, 5.74) is 2.78. The van der Waals surface area contributed by atoms with Crippen molar-refractivity contribution in [2.75, 3.05) is 0 Å². The molecule has 2 heterocycles. The Balaban J connectivity index is 2.17. The predicted octanol–water partition coefficient (Wildman–Crippen LogP) is 2.08. The lowest BCUT2D eigenvalue weighted by Gasteiger charge is -2.07. The molecule has 0 fully saturated rings. The average Bonchev–Trinajstić information content (AvgIpc) is 2.69. The quantitative estimate of drug-likeness (QED) is 0.744. The van der Waals surface area contributed by atoms with Gasteiger partial charge in [0.1, 0.15) is 5.52 Å². The molecule has 18 heavy (non-hydrogen) atoms. The van der Waals surface area contributed by atoms with E-state index in [0.717, 1.165) is 11.1 Å². The van der Waals surface area contributed by atoms with Gasteiger partial charge >= 0.3 is 0 Å². The summed E-state index contributed by atoms with van der Waals surface area (Å²) in [7, 11) is 0. The van der Waals surface area contributed by atoms with Crippen molar-refractivity contribution >= 4 is 10.9 Å². The minimum Gasteiger partial charge on any atom is -0.336 e. The Morgan fingerprint density at radius 2 is 2.06 bits per heavy atom. The van der Waals surface area contributed by atoms with Gasteiger partial charge < -0.3 is 4.57 Å². The van der Waals surface area contributed by atoms with Gasteiger partial charge in [-0.3, -0.25) is 4.79 Å². The molecule has 0 radical (unpaired) electrons. The SMILES string of the molecule is Cc1cc2cn[nH]c(=O)c2n1Cc1ccccc1. The fraction of sp³-hybridized carbons (Fsp3) is 0.143. The van der Waals surface area contributed by atoms with Crippen LogP contribution in [0.1, 0.15) is 11.3 Å². The molecule has 0 unspecified atom stereocenters. The van der Waals surface area contributed by atoms with Crippen LogP contribution in [0.25, 0.3) is 10.9 Å². The minimum atomic E-state index is -0.142. The van der Waals surface area contributed by atoms with Crippen LogP contribution in [0, 0.1) is 6.92 Å².